The molecule has 1 amide bonds. The number of phenols is 1. The molecule has 0 aliphatic rings. The van der Waals surface area contributed by atoms with Gasteiger partial charge in [-0.1, -0.05) is 13.0 Å². The summed E-state index contributed by atoms with van der Waals surface area (Å²) in [6.45, 7) is 3.74. The number of carbonyl (C=O) groups excluding carboxylic acids is 1. The molecule has 0 heterocycles. The number of nitrogens with one attached hydrogen (secondary N) is 1. The zero-order chi connectivity index (χ0) is 12.1. The van der Waals surface area contributed by atoms with Crippen molar-refractivity contribution in [1.29, 1.82) is 0 Å². The monoisotopic (exact) mass is 241 g/mol. The molecule has 0 fully saturated rings. The van der Waals surface area contributed by atoms with Crippen molar-refractivity contribution in [2.75, 3.05) is 5.88 Å². The van der Waals surface area contributed by atoms with E-state index in [0.29, 0.717) is 11.4 Å². The molecule has 16 heavy (non-hydrogen) atoms. The van der Waals surface area contributed by atoms with E-state index in [-0.39, 0.29) is 17.7 Å². The van der Waals surface area contributed by atoms with E-state index < -0.39 is 0 Å². The molecule has 0 aliphatic carbocycles. The summed E-state index contributed by atoms with van der Waals surface area (Å²) in [6.07, 6.45) is 0.785. The lowest BCUT2D eigenvalue weighted by atomic mass is 10.1. The minimum absolute atomic E-state index is 0.0300. The summed E-state index contributed by atoms with van der Waals surface area (Å²) in [6, 6.07) is 4.83. The molecule has 0 aliphatic heterocycles. The van der Waals surface area contributed by atoms with Crippen LogP contribution in [0.1, 0.15) is 29.3 Å². The summed E-state index contributed by atoms with van der Waals surface area (Å²) in [7, 11) is 0. The Hall–Kier alpha value is -1.22. The Morgan fingerprint density at radius 1 is 1.56 bits per heavy atom. The van der Waals surface area contributed by atoms with Crippen LogP contribution in [0.3, 0.4) is 0 Å². The standard InChI is InChI=1S/C12H16ClNO2/c1-3-10(7-13)14-12(16)9-5-4-8(2)11(15)6-9/h4-6,10,15H,3,7H2,1-2H3,(H,14,16). The number of hydrogen-bond acceptors (Lipinski definition) is 2. The molecule has 1 unspecified atom stereocenters. The predicted molar refractivity (Wildman–Crippen MR) is 65.1 cm³/mol. The van der Waals surface area contributed by atoms with Crippen molar-refractivity contribution in [3.8, 4) is 5.75 Å². The van der Waals surface area contributed by atoms with Crippen LogP contribution in [0.25, 0.3) is 0 Å². The highest BCUT2D eigenvalue weighted by Gasteiger charge is 2.12. The van der Waals surface area contributed by atoms with Crippen LogP contribution in [-0.2, 0) is 0 Å². The summed E-state index contributed by atoms with van der Waals surface area (Å²) < 4.78 is 0. The van der Waals surface area contributed by atoms with Gasteiger partial charge >= 0.3 is 0 Å². The Balaban J connectivity index is 2.76. The molecule has 1 aromatic rings. The third-order valence-corrected chi connectivity index (χ3v) is 2.86. The number of phenolic OH excluding ortho intramolecular Hbond substituents is 1. The summed E-state index contributed by atoms with van der Waals surface area (Å²) in [4.78, 5) is 11.8. The molecule has 0 spiro atoms. The molecule has 1 atom stereocenters. The van der Waals surface area contributed by atoms with E-state index in [0.717, 1.165) is 12.0 Å². The second kappa shape index (κ2) is 5.75. The Labute approximate surface area is 100 Å². The molecule has 0 radical (unpaired) electrons. The lowest BCUT2D eigenvalue weighted by Crippen LogP contribution is -2.35. The SMILES string of the molecule is CCC(CCl)NC(=O)c1ccc(C)c(O)c1. The van der Waals surface area contributed by atoms with Gasteiger partial charge in [0.15, 0.2) is 0 Å². The van der Waals surface area contributed by atoms with Crippen molar-refractivity contribution in [3.05, 3.63) is 29.3 Å². The minimum atomic E-state index is -0.206. The topological polar surface area (TPSA) is 49.3 Å². The quantitative estimate of drug-likeness (QED) is 0.796. The second-order valence-corrected chi connectivity index (χ2v) is 4.04. The van der Waals surface area contributed by atoms with Crippen molar-refractivity contribution in [2.24, 2.45) is 0 Å². The van der Waals surface area contributed by atoms with Crippen LogP contribution < -0.4 is 5.32 Å². The molecule has 0 aromatic heterocycles. The Bertz CT molecular complexity index is 375. The molecule has 0 saturated heterocycles. The van der Waals surface area contributed by atoms with E-state index in [1.165, 1.54) is 6.07 Å². The third kappa shape index (κ3) is 3.14. The molecule has 4 heteroatoms. The molecular weight excluding hydrogens is 226 g/mol. The number of carbonyl (C=O) groups is 1. The molecule has 2 N–H and O–H groups in total. The number of amides is 1. The fourth-order valence-corrected chi connectivity index (χ4v) is 1.56. The third-order valence-electron chi connectivity index (χ3n) is 2.49. The number of benzene rings is 1. The van der Waals surface area contributed by atoms with Gasteiger partial charge in [0, 0.05) is 17.5 Å². The molecular formula is C12H16ClNO2. The average Bonchev–Trinajstić information content (AvgIpc) is 2.29. The van der Waals surface area contributed by atoms with Crippen LogP contribution in [0.2, 0.25) is 0 Å². The zero-order valence-electron chi connectivity index (χ0n) is 9.46. The van der Waals surface area contributed by atoms with Crippen LogP contribution in [0.4, 0.5) is 0 Å². The minimum Gasteiger partial charge on any atom is -0.508 e. The maximum atomic E-state index is 11.8. The van der Waals surface area contributed by atoms with Crippen LogP contribution >= 0.6 is 11.6 Å². The highest BCUT2D eigenvalue weighted by molar-refractivity contribution is 6.18. The fraction of sp³-hybridized carbons (Fsp3) is 0.417. The molecule has 88 valence electrons. The van der Waals surface area contributed by atoms with Gasteiger partial charge in [0.25, 0.3) is 5.91 Å². The van der Waals surface area contributed by atoms with Crippen LogP contribution in [0.5, 0.6) is 5.75 Å². The molecule has 1 rings (SSSR count). The number of aromatic hydroxyl groups is 1. The fourth-order valence-electron chi connectivity index (χ4n) is 1.27. The smallest absolute Gasteiger partial charge is 0.251 e. The van der Waals surface area contributed by atoms with Crippen molar-refractivity contribution >= 4 is 17.5 Å². The van der Waals surface area contributed by atoms with Crippen molar-refractivity contribution < 1.29 is 9.90 Å². The van der Waals surface area contributed by atoms with Gasteiger partial charge in [-0.25, -0.2) is 0 Å². The Morgan fingerprint density at radius 3 is 2.75 bits per heavy atom. The van der Waals surface area contributed by atoms with Gasteiger partial charge in [0.05, 0.1) is 0 Å². The lowest BCUT2D eigenvalue weighted by molar-refractivity contribution is 0.0939. The van der Waals surface area contributed by atoms with Gasteiger partial charge in [0.2, 0.25) is 0 Å². The van der Waals surface area contributed by atoms with E-state index >= 15 is 0 Å². The summed E-state index contributed by atoms with van der Waals surface area (Å²) in [5.41, 5.74) is 1.20. The number of aryl methyl sites for hydroxylation is 1. The van der Waals surface area contributed by atoms with Crippen molar-refractivity contribution in [3.63, 3.8) is 0 Å². The number of alkyl halides is 1. The average molecular weight is 242 g/mol. The highest BCUT2D eigenvalue weighted by atomic mass is 35.5. The molecule has 0 saturated carbocycles. The normalized spacial score (nSPS) is 12.2. The van der Waals surface area contributed by atoms with Gasteiger partial charge in [-0.15, -0.1) is 11.6 Å². The van der Waals surface area contributed by atoms with Crippen molar-refractivity contribution in [1.82, 2.24) is 5.32 Å². The number of halogens is 1. The number of rotatable bonds is 4. The maximum Gasteiger partial charge on any atom is 0.251 e. The molecule has 0 bridgehead atoms. The second-order valence-electron chi connectivity index (χ2n) is 3.73. The Kier molecular flexibility index (Phi) is 4.62. The van der Waals surface area contributed by atoms with Gasteiger partial charge in [-0.05, 0) is 31.0 Å². The van der Waals surface area contributed by atoms with Crippen molar-refractivity contribution in [2.45, 2.75) is 26.3 Å². The molecule has 1 aromatic carbocycles. The van der Waals surface area contributed by atoms with E-state index in [1.807, 2.05) is 6.92 Å². The van der Waals surface area contributed by atoms with Crippen LogP contribution in [0.15, 0.2) is 18.2 Å². The largest absolute Gasteiger partial charge is 0.508 e. The van der Waals surface area contributed by atoms with Gasteiger partial charge < -0.3 is 10.4 Å². The van der Waals surface area contributed by atoms with E-state index in [1.54, 1.807) is 19.1 Å². The van der Waals surface area contributed by atoms with Crippen LogP contribution in [-0.4, -0.2) is 22.9 Å². The summed E-state index contributed by atoms with van der Waals surface area (Å²) >= 11 is 5.69. The first-order chi connectivity index (χ1) is 7.58. The highest BCUT2D eigenvalue weighted by Crippen LogP contribution is 2.17. The van der Waals surface area contributed by atoms with Gasteiger partial charge in [0.1, 0.15) is 5.75 Å². The van der Waals surface area contributed by atoms with Crippen LogP contribution in [0, 0.1) is 6.92 Å². The zero-order valence-corrected chi connectivity index (χ0v) is 10.2. The summed E-state index contributed by atoms with van der Waals surface area (Å²) in [5.74, 6) is 0.314. The Morgan fingerprint density at radius 2 is 2.25 bits per heavy atom. The van der Waals surface area contributed by atoms with Gasteiger partial charge in [-0.2, -0.15) is 0 Å². The lowest BCUT2D eigenvalue weighted by Gasteiger charge is -2.13. The molecule has 3 nitrogen and oxygen atoms in total. The predicted octanol–water partition coefficient (Wildman–Crippen LogP) is 2.45. The first kappa shape index (κ1) is 12.8. The van der Waals surface area contributed by atoms with E-state index in [2.05, 4.69) is 5.32 Å². The van der Waals surface area contributed by atoms with E-state index in [4.69, 9.17) is 11.6 Å². The summed E-state index contributed by atoms with van der Waals surface area (Å²) in [5, 5.41) is 12.3. The maximum absolute atomic E-state index is 11.8. The first-order valence-electron chi connectivity index (χ1n) is 5.25. The number of hydrogen-bond donors (Lipinski definition) is 2. The first-order valence-corrected chi connectivity index (χ1v) is 5.78. The van der Waals surface area contributed by atoms with Gasteiger partial charge in [-0.3, -0.25) is 4.79 Å². The van der Waals surface area contributed by atoms with E-state index in [9.17, 15) is 9.90 Å².